The van der Waals surface area contributed by atoms with Crippen molar-refractivity contribution in [3.63, 3.8) is 0 Å². The van der Waals surface area contributed by atoms with Gasteiger partial charge in [0.1, 0.15) is 5.92 Å². The molecule has 0 aliphatic heterocycles. The van der Waals surface area contributed by atoms with Crippen molar-refractivity contribution in [1.29, 1.82) is 0 Å². The van der Waals surface area contributed by atoms with Crippen LogP contribution < -0.4 is 0 Å². The van der Waals surface area contributed by atoms with Crippen molar-refractivity contribution in [3.8, 4) is 0 Å². The van der Waals surface area contributed by atoms with Crippen LogP contribution in [0.4, 0.5) is 0 Å². The number of allylic oxidation sites excluding steroid dienone is 4. The molecule has 4 aliphatic carbocycles. The Morgan fingerprint density at radius 1 is 1.53 bits per heavy atom. The van der Waals surface area contributed by atoms with Crippen molar-refractivity contribution in [3.05, 3.63) is 23.8 Å². The fraction of sp³-hybridized carbons (Fsp3) is 0.571. The number of carbonyl (C=O) groups excluding carboxylic acids is 1. The molecule has 0 spiro atoms. The molecule has 0 aromatic carbocycles. The van der Waals surface area contributed by atoms with E-state index in [4.69, 9.17) is 0 Å². The predicted molar refractivity (Wildman–Crippen MR) is 62.2 cm³/mol. The number of ketones is 1. The highest BCUT2D eigenvalue weighted by atomic mass is 16.4. The summed E-state index contributed by atoms with van der Waals surface area (Å²) in [6.45, 7) is 3.90. The molecule has 0 saturated heterocycles. The van der Waals surface area contributed by atoms with E-state index >= 15 is 0 Å². The van der Waals surface area contributed by atoms with Crippen LogP contribution in [0.15, 0.2) is 23.8 Å². The summed E-state index contributed by atoms with van der Waals surface area (Å²) in [5.74, 6) is -1.58. The third-order valence-electron chi connectivity index (χ3n) is 4.89. The molecule has 4 rings (SSSR count). The average Bonchev–Trinajstić information content (AvgIpc) is 2.64. The van der Waals surface area contributed by atoms with Gasteiger partial charge in [0.25, 0.3) is 0 Å². The Morgan fingerprint density at radius 3 is 2.88 bits per heavy atom. The van der Waals surface area contributed by atoms with Crippen molar-refractivity contribution < 1.29 is 14.7 Å². The molecule has 0 aromatic rings. The van der Waals surface area contributed by atoms with Crippen molar-refractivity contribution in [2.45, 2.75) is 20.3 Å². The first-order chi connectivity index (χ1) is 7.97. The van der Waals surface area contributed by atoms with Crippen molar-refractivity contribution >= 4 is 11.8 Å². The molecule has 4 aliphatic rings. The van der Waals surface area contributed by atoms with Crippen molar-refractivity contribution in [1.82, 2.24) is 0 Å². The minimum atomic E-state index is -0.961. The first-order valence-electron chi connectivity index (χ1n) is 6.09. The molecule has 5 atom stereocenters. The van der Waals surface area contributed by atoms with Gasteiger partial charge in [-0.3, -0.25) is 9.59 Å². The summed E-state index contributed by atoms with van der Waals surface area (Å²) >= 11 is 0. The van der Waals surface area contributed by atoms with Crippen LogP contribution in [-0.4, -0.2) is 16.9 Å². The molecular formula is C14H16O3. The van der Waals surface area contributed by atoms with Crippen LogP contribution >= 0.6 is 0 Å². The molecule has 17 heavy (non-hydrogen) atoms. The highest BCUT2D eigenvalue weighted by Gasteiger charge is 2.61. The molecule has 3 nitrogen and oxygen atoms in total. The summed E-state index contributed by atoms with van der Waals surface area (Å²) in [7, 11) is 0. The molecule has 1 N–H and O–H groups in total. The Bertz CT molecular complexity index is 474. The van der Waals surface area contributed by atoms with E-state index in [0.29, 0.717) is 0 Å². The van der Waals surface area contributed by atoms with Crippen LogP contribution in [0.5, 0.6) is 0 Å². The van der Waals surface area contributed by atoms with Gasteiger partial charge in [-0.25, -0.2) is 0 Å². The maximum atomic E-state index is 12.3. The van der Waals surface area contributed by atoms with Crippen molar-refractivity contribution in [2.75, 3.05) is 0 Å². The Morgan fingerprint density at radius 2 is 2.24 bits per heavy atom. The number of Topliss-reactive ketones (excluding diaryl/α,β-unsaturated/α-hetero) is 1. The molecule has 0 heterocycles. The first kappa shape index (κ1) is 10.8. The zero-order valence-electron chi connectivity index (χ0n) is 10.0. The maximum Gasteiger partial charge on any atom is 0.314 e. The maximum absolute atomic E-state index is 12.3. The van der Waals surface area contributed by atoms with E-state index in [1.165, 1.54) is 0 Å². The van der Waals surface area contributed by atoms with Crippen LogP contribution in [0, 0.1) is 29.1 Å². The SMILES string of the molecule is CC1=C[C@@]2(C)C(C(=O)O)C(=O)[C@@H]1[C@H]1C=CC[C@H]12. The zero-order valence-corrected chi connectivity index (χ0v) is 10.0. The van der Waals surface area contributed by atoms with Gasteiger partial charge in [0.15, 0.2) is 5.78 Å². The van der Waals surface area contributed by atoms with Crippen LogP contribution in [-0.2, 0) is 9.59 Å². The van der Waals surface area contributed by atoms with E-state index in [1.807, 2.05) is 19.9 Å². The summed E-state index contributed by atoms with van der Waals surface area (Å²) in [5, 5.41) is 9.33. The second-order valence-corrected chi connectivity index (χ2v) is 5.75. The number of carboxylic acids is 1. The van der Waals surface area contributed by atoms with Gasteiger partial charge in [-0.2, -0.15) is 0 Å². The lowest BCUT2D eigenvalue weighted by Gasteiger charge is -2.52. The highest BCUT2D eigenvalue weighted by molar-refractivity contribution is 6.04. The summed E-state index contributed by atoms with van der Waals surface area (Å²) in [6, 6.07) is 0. The normalized spacial score (nSPS) is 46.9. The van der Waals surface area contributed by atoms with E-state index < -0.39 is 17.3 Å². The molecule has 2 bridgehead atoms. The predicted octanol–water partition coefficient (Wildman–Crippen LogP) is 2.04. The third-order valence-corrected chi connectivity index (χ3v) is 4.89. The quantitative estimate of drug-likeness (QED) is 0.556. The molecule has 1 unspecified atom stereocenters. The number of hydrogen-bond donors (Lipinski definition) is 1. The molecule has 90 valence electrons. The van der Waals surface area contributed by atoms with E-state index in [-0.39, 0.29) is 23.5 Å². The molecule has 0 radical (unpaired) electrons. The van der Waals surface area contributed by atoms with Gasteiger partial charge in [0.05, 0.1) is 0 Å². The highest BCUT2D eigenvalue weighted by Crippen LogP contribution is 2.59. The molecule has 1 fully saturated rings. The fourth-order valence-electron chi connectivity index (χ4n) is 4.26. The third kappa shape index (κ3) is 1.12. The van der Waals surface area contributed by atoms with Crippen molar-refractivity contribution in [2.24, 2.45) is 29.1 Å². The number of aliphatic carboxylic acids is 1. The summed E-state index contributed by atoms with van der Waals surface area (Å²) in [5.41, 5.74) is 0.554. The van der Waals surface area contributed by atoms with Crippen LogP contribution in [0.3, 0.4) is 0 Å². The van der Waals surface area contributed by atoms with Gasteiger partial charge in [-0.05, 0) is 25.2 Å². The Kier molecular flexibility index (Phi) is 1.96. The molecule has 0 aromatic heterocycles. The van der Waals surface area contributed by atoms with E-state index in [2.05, 4.69) is 12.2 Å². The number of hydrogen-bond acceptors (Lipinski definition) is 2. The second-order valence-electron chi connectivity index (χ2n) is 5.75. The number of rotatable bonds is 1. The Hall–Kier alpha value is -1.38. The van der Waals surface area contributed by atoms with Gasteiger partial charge in [0, 0.05) is 11.3 Å². The number of carbonyl (C=O) groups is 2. The number of carboxylic acid groups (broad SMARTS) is 1. The summed E-state index contributed by atoms with van der Waals surface area (Å²) in [6.07, 6.45) is 7.16. The van der Waals surface area contributed by atoms with Gasteiger partial charge in [-0.1, -0.05) is 30.7 Å². The largest absolute Gasteiger partial charge is 0.481 e. The summed E-state index contributed by atoms with van der Waals surface area (Å²) in [4.78, 5) is 23.7. The average molecular weight is 232 g/mol. The lowest BCUT2D eigenvalue weighted by Crippen LogP contribution is -2.57. The van der Waals surface area contributed by atoms with E-state index in [0.717, 1.165) is 12.0 Å². The Balaban J connectivity index is 2.18. The smallest absolute Gasteiger partial charge is 0.314 e. The van der Waals surface area contributed by atoms with Gasteiger partial charge >= 0.3 is 5.97 Å². The fourth-order valence-corrected chi connectivity index (χ4v) is 4.26. The van der Waals surface area contributed by atoms with E-state index in [9.17, 15) is 14.7 Å². The minimum Gasteiger partial charge on any atom is -0.481 e. The monoisotopic (exact) mass is 232 g/mol. The summed E-state index contributed by atoms with van der Waals surface area (Å²) < 4.78 is 0. The topological polar surface area (TPSA) is 54.4 Å². The van der Waals surface area contributed by atoms with Crippen LogP contribution in [0.1, 0.15) is 20.3 Å². The van der Waals surface area contributed by atoms with Gasteiger partial charge < -0.3 is 5.11 Å². The molecular weight excluding hydrogens is 216 g/mol. The Labute approximate surface area is 100 Å². The second kappa shape index (κ2) is 3.09. The van der Waals surface area contributed by atoms with Gasteiger partial charge in [-0.15, -0.1) is 0 Å². The van der Waals surface area contributed by atoms with Crippen LogP contribution in [0.2, 0.25) is 0 Å². The number of fused-ring (bicyclic) bond motifs is 1. The molecule has 1 saturated carbocycles. The first-order valence-corrected chi connectivity index (χ1v) is 6.09. The molecule has 3 heteroatoms. The lowest BCUT2D eigenvalue weighted by atomic mass is 9.48. The molecule has 0 amide bonds. The van der Waals surface area contributed by atoms with Gasteiger partial charge in [0.2, 0.25) is 0 Å². The lowest BCUT2D eigenvalue weighted by molar-refractivity contribution is -0.159. The zero-order chi connectivity index (χ0) is 12.4. The standard InChI is InChI=1S/C14H16O3/c1-7-6-14(2)9-5-3-4-8(9)10(7)12(15)11(14)13(16)17/h3-4,6,8-11H,5H2,1-2H3,(H,16,17)/t8-,9+,10-,11?,14+/m0/s1. The van der Waals surface area contributed by atoms with Crippen LogP contribution in [0.25, 0.3) is 0 Å². The minimum absolute atomic E-state index is 0.0900. The van der Waals surface area contributed by atoms with E-state index in [1.54, 1.807) is 0 Å².